The average molecular weight is 842 g/mol. The van der Waals surface area contributed by atoms with E-state index in [1.54, 1.807) is 0 Å². The van der Waals surface area contributed by atoms with Gasteiger partial charge in [0.15, 0.2) is 0 Å². The molecule has 0 N–H and O–H groups in total. The third kappa shape index (κ3) is 5.45. The number of furan rings is 1. The largest absolute Gasteiger partial charge is 0.456 e. The maximum atomic E-state index is 6.36. The van der Waals surface area contributed by atoms with Crippen LogP contribution in [-0.4, -0.2) is 5.71 Å². The first kappa shape index (κ1) is 37.3. The molecule has 0 fully saturated rings. The van der Waals surface area contributed by atoms with Crippen molar-refractivity contribution in [2.45, 2.75) is 25.8 Å². The monoisotopic (exact) mass is 841 g/mol. The molecule has 1 aromatic heterocycles. The van der Waals surface area contributed by atoms with Gasteiger partial charge in [0.05, 0.1) is 11.8 Å². The fourth-order valence-electron chi connectivity index (χ4n) is 11.8. The van der Waals surface area contributed by atoms with Gasteiger partial charge >= 0.3 is 0 Å². The molecule has 12 aromatic carbocycles. The van der Waals surface area contributed by atoms with Crippen LogP contribution in [0.5, 0.6) is 0 Å². The quantitative estimate of drug-likeness (QED) is 0.162. The molecule has 2 heterocycles. The molecule has 0 aliphatic carbocycles. The highest BCUT2D eigenvalue weighted by Crippen LogP contribution is 2.47. The van der Waals surface area contributed by atoms with Gasteiger partial charge in [-0.25, -0.2) is 0 Å². The van der Waals surface area contributed by atoms with E-state index in [2.05, 4.69) is 220 Å². The summed E-state index contributed by atoms with van der Waals surface area (Å²) < 4.78 is 6.36. The normalized spacial score (nSPS) is 16.6. The van der Waals surface area contributed by atoms with Gasteiger partial charge in [-0.05, 0) is 146 Å². The summed E-state index contributed by atoms with van der Waals surface area (Å²) >= 11 is 0. The fraction of sp³-hybridized carbons (Fsp3) is 0.0781. The van der Waals surface area contributed by atoms with Crippen LogP contribution in [0.3, 0.4) is 0 Å². The van der Waals surface area contributed by atoms with Crippen molar-refractivity contribution in [1.82, 2.24) is 0 Å². The van der Waals surface area contributed by atoms with Crippen LogP contribution < -0.4 is 0 Å². The van der Waals surface area contributed by atoms with E-state index in [0.717, 1.165) is 22.4 Å². The van der Waals surface area contributed by atoms with Crippen LogP contribution in [0.1, 0.15) is 48.1 Å². The summed E-state index contributed by atoms with van der Waals surface area (Å²) in [6.45, 7) is 4.80. The van der Waals surface area contributed by atoms with Crippen LogP contribution in [0.15, 0.2) is 216 Å². The minimum absolute atomic E-state index is 0.0364. The Morgan fingerprint density at radius 3 is 1.50 bits per heavy atom. The van der Waals surface area contributed by atoms with Gasteiger partial charge in [-0.1, -0.05) is 184 Å². The molecule has 0 radical (unpaired) electrons. The molecule has 0 saturated heterocycles. The van der Waals surface area contributed by atoms with Crippen LogP contribution in [0.2, 0.25) is 0 Å². The van der Waals surface area contributed by atoms with Crippen LogP contribution >= 0.6 is 0 Å². The zero-order valence-corrected chi connectivity index (χ0v) is 36.7. The number of rotatable bonds is 4. The van der Waals surface area contributed by atoms with Crippen LogP contribution in [0.4, 0.5) is 0 Å². The Morgan fingerprint density at radius 1 is 0.364 bits per heavy atom. The minimum atomic E-state index is -0.0364. The second-order valence-electron chi connectivity index (χ2n) is 18.6. The van der Waals surface area contributed by atoms with Crippen molar-refractivity contribution >= 4 is 92.3 Å². The molecule has 2 nitrogen and oxygen atoms in total. The van der Waals surface area contributed by atoms with Crippen molar-refractivity contribution in [2.24, 2.45) is 10.9 Å². The first-order valence-electron chi connectivity index (χ1n) is 23.3. The maximum absolute atomic E-state index is 6.36. The Kier molecular flexibility index (Phi) is 8.04. The molecule has 1 aliphatic heterocycles. The van der Waals surface area contributed by atoms with Gasteiger partial charge in [0.2, 0.25) is 0 Å². The van der Waals surface area contributed by atoms with Crippen LogP contribution in [-0.2, 0) is 0 Å². The summed E-state index contributed by atoms with van der Waals surface area (Å²) in [5.74, 6) is 0.531. The zero-order chi connectivity index (χ0) is 43.6. The Balaban J connectivity index is 0.926. The van der Waals surface area contributed by atoms with Gasteiger partial charge in [0, 0.05) is 21.9 Å². The molecule has 14 rings (SSSR count). The summed E-state index contributed by atoms with van der Waals surface area (Å²) in [5, 5.41) is 17.6. The summed E-state index contributed by atoms with van der Waals surface area (Å²) in [6.07, 6.45) is 0. The highest BCUT2D eigenvalue weighted by Gasteiger charge is 2.33. The van der Waals surface area contributed by atoms with Crippen molar-refractivity contribution in [3.63, 3.8) is 0 Å². The zero-order valence-electron chi connectivity index (χ0n) is 36.7. The SMILES string of the molecule is CC1c2c(ccc3ccccc23)C(c2ccccc2)=NC(c2cccc(-c3ccc4c5ccccc5c5ccc(-c6ccc7c(c6)c6cccc8oc9cccc7c9c86)cc5c4c3)c2)C1C. The summed E-state index contributed by atoms with van der Waals surface area (Å²) in [5.41, 5.74) is 12.8. The highest BCUT2D eigenvalue weighted by atomic mass is 16.3. The highest BCUT2D eigenvalue weighted by molar-refractivity contribution is 6.33. The number of nitrogens with zero attached hydrogens (tertiary/aromatic N) is 1. The third-order valence-electron chi connectivity index (χ3n) is 15.1. The van der Waals surface area contributed by atoms with E-state index in [4.69, 9.17) is 9.41 Å². The minimum Gasteiger partial charge on any atom is -0.456 e. The summed E-state index contributed by atoms with van der Waals surface area (Å²) in [6, 6.07) is 76.3. The van der Waals surface area contributed by atoms with E-state index in [1.165, 1.54) is 114 Å². The number of hydrogen-bond donors (Lipinski definition) is 0. The van der Waals surface area contributed by atoms with Gasteiger partial charge in [-0.15, -0.1) is 0 Å². The number of aliphatic imine (C=N–C) groups is 1. The average Bonchev–Trinajstić information content (AvgIpc) is 3.73. The molecule has 0 bridgehead atoms. The van der Waals surface area contributed by atoms with Gasteiger partial charge < -0.3 is 4.42 Å². The maximum Gasteiger partial charge on any atom is 0.136 e. The molecular formula is C64H43NO. The lowest BCUT2D eigenvalue weighted by atomic mass is 9.78. The molecule has 3 atom stereocenters. The van der Waals surface area contributed by atoms with E-state index >= 15 is 0 Å². The Bertz CT molecular complexity index is 4150. The van der Waals surface area contributed by atoms with Crippen molar-refractivity contribution in [2.75, 3.05) is 0 Å². The van der Waals surface area contributed by atoms with Crippen molar-refractivity contribution < 1.29 is 4.42 Å². The standard InChI is InChI=1S/C64H43NO/c1-37-38(2)63(65-64(40-14-4-3-5-15-40)54-32-25-39-13-6-7-18-46(39)60(37)54)45-17-10-16-41(33-45)42-26-29-49-47-19-8-9-20-48(47)50-30-27-44(36-57(50)56(49)35-42)43-28-31-51-52-21-11-23-58-61(52)62-53(55(51)34-43)22-12-24-59(62)66-58/h3-38,63H,1-2H3. The van der Waals surface area contributed by atoms with Crippen molar-refractivity contribution in [1.29, 1.82) is 0 Å². The first-order valence-corrected chi connectivity index (χ1v) is 23.3. The van der Waals surface area contributed by atoms with Gasteiger partial charge in [-0.3, -0.25) is 4.99 Å². The molecule has 2 heteroatoms. The Hall–Kier alpha value is -8.07. The molecule has 310 valence electrons. The lowest BCUT2D eigenvalue weighted by Crippen LogP contribution is -2.14. The van der Waals surface area contributed by atoms with Gasteiger partial charge in [0.1, 0.15) is 11.2 Å². The van der Waals surface area contributed by atoms with Crippen molar-refractivity contribution in [3.8, 4) is 22.3 Å². The van der Waals surface area contributed by atoms with E-state index < -0.39 is 0 Å². The number of hydrogen-bond acceptors (Lipinski definition) is 2. The Morgan fingerprint density at radius 2 is 0.848 bits per heavy atom. The summed E-state index contributed by atoms with van der Waals surface area (Å²) in [4.78, 5) is 5.76. The molecule has 1 aliphatic rings. The predicted molar refractivity (Wildman–Crippen MR) is 280 cm³/mol. The summed E-state index contributed by atoms with van der Waals surface area (Å²) in [7, 11) is 0. The second kappa shape index (κ2) is 14.2. The lowest BCUT2D eigenvalue weighted by molar-refractivity contribution is 0.412. The predicted octanol–water partition coefficient (Wildman–Crippen LogP) is 17.6. The van der Waals surface area contributed by atoms with E-state index in [0.29, 0.717) is 0 Å². The molecule has 0 spiro atoms. The van der Waals surface area contributed by atoms with Crippen LogP contribution in [0.25, 0.3) is 109 Å². The molecule has 13 aromatic rings. The topological polar surface area (TPSA) is 25.5 Å². The van der Waals surface area contributed by atoms with Crippen LogP contribution in [0, 0.1) is 5.92 Å². The smallest absolute Gasteiger partial charge is 0.136 e. The molecule has 3 unspecified atom stereocenters. The fourth-order valence-corrected chi connectivity index (χ4v) is 11.8. The van der Waals surface area contributed by atoms with E-state index in [1.807, 2.05) is 0 Å². The third-order valence-corrected chi connectivity index (χ3v) is 15.1. The van der Waals surface area contributed by atoms with Crippen molar-refractivity contribution in [3.05, 3.63) is 229 Å². The van der Waals surface area contributed by atoms with E-state index in [-0.39, 0.29) is 17.9 Å². The van der Waals surface area contributed by atoms with Gasteiger partial charge in [-0.2, -0.15) is 0 Å². The molecule has 0 saturated carbocycles. The lowest BCUT2D eigenvalue weighted by Gasteiger charge is -2.26. The van der Waals surface area contributed by atoms with Gasteiger partial charge in [0.25, 0.3) is 0 Å². The number of fused-ring (bicyclic) bond motifs is 12. The second-order valence-corrected chi connectivity index (χ2v) is 18.6. The number of benzene rings is 12. The molecular weight excluding hydrogens is 799 g/mol. The first-order chi connectivity index (χ1) is 32.6. The molecule has 0 amide bonds. The Labute approximate surface area is 382 Å². The molecule has 66 heavy (non-hydrogen) atoms. The van der Waals surface area contributed by atoms with E-state index in [9.17, 15) is 0 Å².